The molecular formula is C12H17N3OS. The molecule has 2 aromatic heterocycles. The summed E-state index contributed by atoms with van der Waals surface area (Å²) in [5, 5.41) is 19.2. The number of aryl methyl sites for hydroxylation is 1. The zero-order chi connectivity index (χ0) is 12.1. The second kappa shape index (κ2) is 5.95. The number of thiophene rings is 1. The van der Waals surface area contributed by atoms with Crippen molar-refractivity contribution in [2.24, 2.45) is 0 Å². The molecule has 2 heterocycles. The summed E-state index contributed by atoms with van der Waals surface area (Å²) in [7, 11) is 0. The van der Waals surface area contributed by atoms with Crippen LogP contribution >= 0.6 is 11.3 Å². The highest BCUT2D eigenvalue weighted by Crippen LogP contribution is 2.14. The lowest BCUT2D eigenvalue weighted by molar-refractivity contribution is 0.146. The maximum absolute atomic E-state index is 9.80. The van der Waals surface area contributed by atoms with Crippen molar-refractivity contribution < 1.29 is 5.11 Å². The molecule has 0 fully saturated rings. The zero-order valence-corrected chi connectivity index (χ0v) is 10.7. The van der Waals surface area contributed by atoms with E-state index in [0.717, 1.165) is 6.54 Å². The van der Waals surface area contributed by atoms with Crippen LogP contribution in [-0.2, 0) is 13.1 Å². The Labute approximate surface area is 105 Å². The van der Waals surface area contributed by atoms with Gasteiger partial charge >= 0.3 is 0 Å². The fourth-order valence-electron chi connectivity index (χ4n) is 1.63. The van der Waals surface area contributed by atoms with Crippen LogP contribution in [0.1, 0.15) is 10.4 Å². The molecule has 0 aliphatic heterocycles. The number of hydrogen-bond acceptors (Lipinski definition) is 4. The Balaban J connectivity index is 1.70. The van der Waals surface area contributed by atoms with E-state index in [-0.39, 0.29) is 0 Å². The smallest absolute Gasteiger partial charge is 0.0860 e. The minimum absolute atomic E-state index is 0.407. The summed E-state index contributed by atoms with van der Waals surface area (Å²) in [4.78, 5) is 1.33. The molecule has 2 N–H and O–H groups in total. The molecule has 0 aliphatic carbocycles. The Kier molecular flexibility index (Phi) is 4.30. The molecule has 2 aromatic rings. The second-order valence-electron chi connectivity index (χ2n) is 4.04. The third-order valence-electron chi connectivity index (χ3n) is 2.59. The van der Waals surface area contributed by atoms with Crippen LogP contribution in [0.25, 0.3) is 0 Å². The maximum atomic E-state index is 9.80. The molecule has 1 unspecified atom stereocenters. The molecule has 2 rings (SSSR count). The molecule has 0 amide bonds. The molecule has 5 heteroatoms. The number of nitrogens with zero attached hydrogens (tertiary/aromatic N) is 2. The summed E-state index contributed by atoms with van der Waals surface area (Å²) in [5.74, 6) is 0. The summed E-state index contributed by atoms with van der Waals surface area (Å²) >= 11 is 1.74. The molecule has 17 heavy (non-hydrogen) atoms. The molecule has 0 spiro atoms. The van der Waals surface area contributed by atoms with Crippen LogP contribution in [0.4, 0.5) is 0 Å². The average molecular weight is 251 g/mol. The van der Waals surface area contributed by atoms with Crippen LogP contribution < -0.4 is 5.32 Å². The van der Waals surface area contributed by atoms with Crippen LogP contribution in [0, 0.1) is 6.92 Å². The van der Waals surface area contributed by atoms with Gasteiger partial charge in [0.2, 0.25) is 0 Å². The maximum Gasteiger partial charge on any atom is 0.0860 e. The van der Waals surface area contributed by atoms with Crippen LogP contribution in [0.3, 0.4) is 0 Å². The van der Waals surface area contributed by atoms with Gasteiger partial charge < -0.3 is 10.4 Å². The zero-order valence-electron chi connectivity index (χ0n) is 9.84. The van der Waals surface area contributed by atoms with Crippen LogP contribution in [0.5, 0.6) is 0 Å². The molecule has 4 nitrogen and oxygen atoms in total. The minimum atomic E-state index is -0.407. The first kappa shape index (κ1) is 12.3. The highest BCUT2D eigenvalue weighted by atomic mass is 32.1. The van der Waals surface area contributed by atoms with E-state index in [1.165, 1.54) is 10.4 Å². The van der Waals surface area contributed by atoms with Crippen molar-refractivity contribution in [3.05, 3.63) is 40.3 Å². The molecule has 0 bridgehead atoms. The van der Waals surface area contributed by atoms with Crippen molar-refractivity contribution in [2.75, 3.05) is 6.54 Å². The summed E-state index contributed by atoms with van der Waals surface area (Å²) < 4.78 is 1.74. The van der Waals surface area contributed by atoms with E-state index in [2.05, 4.69) is 28.8 Å². The highest BCUT2D eigenvalue weighted by Gasteiger charge is 2.05. The first-order valence-electron chi connectivity index (χ1n) is 5.65. The van der Waals surface area contributed by atoms with Gasteiger partial charge in [-0.2, -0.15) is 5.10 Å². The number of nitrogens with one attached hydrogen (secondary N) is 1. The van der Waals surface area contributed by atoms with E-state index in [4.69, 9.17) is 0 Å². The third-order valence-corrected chi connectivity index (χ3v) is 3.61. The number of hydrogen-bond donors (Lipinski definition) is 2. The van der Waals surface area contributed by atoms with Gasteiger partial charge in [0.05, 0.1) is 12.6 Å². The fraction of sp³-hybridized carbons (Fsp3) is 0.417. The Bertz CT molecular complexity index is 438. The average Bonchev–Trinajstić information content (AvgIpc) is 2.91. The second-order valence-corrected chi connectivity index (χ2v) is 5.04. The number of rotatable bonds is 6. The first-order valence-corrected chi connectivity index (χ1v) is 6.53. The van der Waals surface area contributed by atoms with E-state index in [1.807, 2.05) is 12.3 Å². The van der Waals surface area contributed by atoms with Crippen molar-refractivity contribution in [2.45, 2.75) is 26.1 Å². The van der Waals surface area contributed by atoms with Crippen molar-refractivity contribution in [3.8, 4) is 0 Å². The molecular weight excluding hydrogens is 234 g/mol. The van der Waals surface area contributed by atoms with Gasteiger partial charge in [0.25, 0.3) is 0 Å². The van der Waals surface area contributed by atoms with Crippen LogP contribution in [0.15, 0.2) is 29.9 Å². The van der Waals surface area contributed by atoms with Crippen molar-refractivity contribution >= 4 is 11.3 Å². The molecule has 0 saturated carbocycles. The van der Waals surface area contributed by atoms with Gasteiger partial charge in [0, 0.05) is 30.4 Å². The molecule has 0 aromatic carbocycles. The fourth-order valence-corrected chi connectivity index (χ4v) is 2.50. The Morgan fingerprint density at radius 2 is 2.47 bits per heavy atom. The summed E-state index contributed by atoms with van der Waals surface area (Å²) in [6, 6.07) is 3.97. The Morgan fingerprint density at radius 1 is 1.59 bits per heavy atom. The predicted molar refractivity (Wildman–Crippen MR) is 69.0 cm³/mol. The number of aliphatic hydroxyl groups is 1. The normalized spacial score (nSPS) is 12.8. The summed E-state index contributed by atoms with van der Waals surface area (Å²) in [5.41, 5.74) is 1.31. The van der Waals surface area contributed by atoms with Gasteiger partial charge in [-0.25, -0.2) is 0 Å². The van der Waals surface area contributed by atoms with Crippen molar-refractivity contribution in [1.82, 2.24) is 15.1 Å². The monoisotopic (exact) mass is 251 g/mol. The number of aromatic nitrogens is 2. The van der Waals surface area contributed by atoms with Crippen LogP contribution in [-0.4, -0.2) is 27.5 Å². The van der Waals surface area contributed by atoms with E-state index >= 15 is 0 Å². The van der Waals surface area contributed by atoms with Gasteiger partial charge in [-0.1, -0.05) is 0 Å². The van der Waals surface area contributed by atoms with E-state index in [1.54, 1.807) is 22.2 Å². The Hall–Kier alpha value is -1.17. The standard InChI is InChI=1S/C12H17N3OS/c1-10-3-6-17-12(10)8-13-7-11(16)9-15-5-2-4-14-15/h2-6,11,13,16H,7-9H2,1H3. The van der Waals surface area contributed by atoms with E-state index in [9.17, 15) is 5.11 Å². The van der Waals surface area contributed by atoms with E-state index < -0.39 is 6.10 Å². The third kappa shape index (κ3) is 3.66. The summed E-state index contributed by atoms with van der Waals surface area (Å²) in [6.45, 7) is 4.04. The van der Waals surface area contributed by atoms with E-state index in [0.29, 0.717) is 13.1 Å². The molecule has 0 saturated heterocycles. The van der Waals surface area contributed by atoms with Gasteiger partial charge in [0.15, 0.2) is 0 Å². The Morgan fingerprint density at radius 3 is 3.12 bits per heavy atom. The quantitative estimate of drug-likeness (QED) is 0.816. The first-order chi connectivity index (χ1) is 8.25. The van der Waals surface area contributed by atoms with Crippen LogP contribution in [0.2, 0.25) is 0 Å². The lowest BCUT2D eigenvalue weighted by Crippen LogP contribution is -2.30. The highest BCUT2D eigenvalue weighted by molar-refractivity contribution is 7.10. The van der Waals surface area contributed by atoms with Crippen molar-refractivity contribution in [1.29, 1.82) is 0 Å². The van der Waals surface area contributed by atoms with Gasteiger partial charge in [-0.05, 0) is 30.0 Å². The summed E-state index contributed by atoms with van der Waals surface area (Å²) in [6.07, 6.45) is 3.16. The van der Waals surface area contributed by atoms with Crippen molar-refractivity contribution in [3.63, 3.8) is 0 Å². The number of aliphatic hydroxyl groups excluding tert-OH is 1. The molecule has 1 atom stereocenters. The lowest BCUT2D eigenvalue weighted by atomic mass is 10.3. The largest absolute Gasteiger partial charge is 0.390 e. The lowest BCUT2D eigenvalue weighted by Gasteiger charge is -2.11. The SMILES string of the molecule is Cc1ccsc1CNCC(O)Cn1cccn1. The van der Waals surface area contributed by atoms with Gasteiger partial charge in [0.1, 0.15) is 0 Å². The topological polar surface area (TPSA) is 50.1 Å². The van der Waals surface area contributed by atoms with Gasteiger partial charge in [-0.15, -0.1) is 11.3 Å². The minimum Gasteiger partial charge on any atom is -0.390 e. The predicted octanol–water partition coefficient (Wildman–Crippen LogP) is 1.40. The molecule has 0 aliphatic rings. The molecule has 0 radical (unpaired) electrons. The molecule has 92 valence electrons. The van der Waals surface area contributed by atoms with Gasteiger partial charge in [-0.3, -0.25) is 4.68 Å².